The Morgan fingerprint density at radius 1 is 1.56 bits per heavy atom. The van der Waals surface area contributed by atoms with Crippen LogP contribution < -0.4 is 10.5 Å². The number of rotatable bonds is 4. The zero-order valence-corrected chi connectivity index (χ0v) is 9.61. The van der Waals surface area contributed by atoms with Gasteiger partial charge in [-0.1, -0.05) is 6.07 Å². The highest BCUT2D eigenvalue weighted by Gasteiger charge is 2.17. The first kappa shape index (κ1) is 11.8. The number of ether oxygens (including phenoxy) is 1. The largest absolute Gasteiger partial charge is 0.481 e. The van der Waals surface area contributed by atoms with E-state index in [9.17, 15) is 10.1 Å². The van der Waals surface area contributed by atoms with Gasteiger partial charge < -0.3 is 10.5 Å². The van der Waals surface area contributed by atoms with Crippen molar-refractivity contribution in [3.05, 3.63) is 40.2 Å². The molecule has 0 spiro atoms. The molecule has 94 valence electrons. The van der Waals surface area contributed by atoms with Gasteiger partial charge in [-0.2, -0.15) is 5.10 Å². The van der Waals surface area contributed by atoms with Gasteiger partial charge in [-0.05, 0) is 6.07 Å². The van der Waals surface area contributed by atoms with Crippen molar-refractivity contribution in [2.24, 2.45) is 0 Å². The Morgan fingerprint density at radius 3 is 2.94 bits per heavy atom. The summed E-state index contributed by atoms with van der Waals surface area (Å²) in [5, 5.41) is 14.5. The van der Waals surface area contributed by atoms with Gasteiger partial charge in [0.2, 0.25) is 11.7 Å². The second kappa shape index (κ2) is 4.70. The average molecular weight is 249 g/mol. The van der Waals surface area contributed by atoms with E-state index in [1.807, 2.05) is 0 Å². The van der Waals surface area contributed by atoms with Gasteiger partial charge in [0.1, 0.15) is 6.20 Å². The van der Waals surface area contributed by atoms with Crippen LogP contribution in [0.25, 0.3) is 0 Å². The minimum absolute atomic E-state index is 0.00428. The van der Waals surface area contributed by atoms with E-state index in [0.717, 1.165) is 6.20 Å². The van der Waals surface area contributed by atoms with E-state index in [-0.39, 0.29) is 18.1 Å². The highest BCUT2D eigenvalue weighted by Crippen LogP contribution is 2.20. The van der Waals surface area contributed by atoms with Crippen molar-refractivity contribution < 1.29 is 9.66 Å². The molecule has 0 fully saturated rings. The molecule has 0 bridgehead atoms. The van der Waals surface area contributed by atoms with Gasteiger partial charge in [0, 0.05) is 6.07 Å². The van der Waals surface area contributed by atoms with Crippen molar-refractivity contribution in [1.29, 1.82) is 0 Å². The van der Waals surface area contributed by atoms with Crippen molar-refractivity contribution in [3.8, 4) is 5.88 Å². The van der Waals surface area contributed by atoms with Crippen molar-refractivity contribution in [3.63, 3.8) is 0 Å². The molecular formula is C10H11N5O3. The maximum atomic E-state index is 10.6. The average Bonchev–Trinajstić information content (AvgIpc) is 2.71. The number of nitrogens with zero attached hydrogens (tertiary/aromatic N) is 4. The maximum absolute atomic E-state index is 10.6. The van der Waals surface area contributed by atoms with Gasteiger partial charge in [-0.25, -0.2) is 9.67 Å². The summed E-state index contributed by atoms with van der Waals surface area (Å²) < 4.78 is 6.31. The van der Waals surface area contributed by atoms with Gasteiger partial charge >= 0.3 is 5.69 Å². The molecule has 0 amide bonds. The van der Waals surface area contributed by atoms with Crippen molar-refractivity contribution >= 4 is 11.5 Å². The van der Waals surface area contributed by atoms with Gasteiger partial charge in [0.15, 0.2) is 0 Å². The zero-order chi connectivity index (χ0) is 13.1. The van der Waals surface area contributed by atoms with Crippen molar-refractivity contribution in [1.82, 2.24) is 14.8 Å². The summed E-state index contributed by atoms with van der Waals surface area (Å²) in [4.78, 5) is 14.2. The molecule has 2 N–H and O–H groups in total. The lowest BCUT2D eigenvalue weighted by Crippen LogP contribution is -2.08. The molecule has 8 nitrogen and oxygen atoms in total. The predicted molar refractivity (Wildman–Crippen MR) is 63.2 cm³/mol. The van der Waals surface area contributed by atoms with E-state index in [1.54, 1.807) is 18.2 Å². The van der Waals surface area contributed by atoms with Crippen LogP contribution in [-0.2, 0) is 6.54 Å². The van der Waals surface area contributed by atoms with Crippen molar-refractivity contribution in [2.75, 3.05) is 12.8 Å². The Bertz CT molecular complexity index is 581. The van der Waals surface area contributed by atoms with Crippen LogP contribution in [-0.4, -0.2) is 26.8 Å². The quantitative estimate of drug-likeness (QED) is 0.634. The molecule has 8 heteroatoms. The maximum Gasteiger partial charge on any atom is 0.330 e. The molecule has 0 aliphatic carbocycles. The van der Waals surface area contributed by atoms with Gasteiger partial charge in [-0.15, -0.1) is 0 Å². The third-order valence-electron chi connectivity index (χ3n) is 2.36. The van der Waals surface area contributed by atoms with Crippen LogP contribution in [0.3, 0.4) is 0 Å². The van der Waals surface area contributed by atoms with Gasteiger partial charge in [-0.3, -0.25) is 10.1 Å². The highest BCUT2D eigenvalue weighted by molar-refractivity contribution is 5.51. The van der Waals surface area contributed by atoms with Crippen LogP contribution in [0.15, 0.2) is 24.4 Å². The molecule has 0 aliphatic heterocycles. The molecule has 2 rings (SSSR count). The van der Waals surface area contributed by atoms with E-state index >= 15 is 0 Å². The highest BCUT2D eigenvalue weighted by atomic mass is 16.6. The number of nitrogen functional groups attached to an aromatic ring is 1. The lowest BCUT2D eigenvalue weighted by Gasteiger charge is -2.04. The summed E-state index contributed by atoms with van der Waals surface area (Å²) in [7, 11) is 1.51. The molecular weight excluding hydrogens is 238 g/mol. The van der Waals surface area contributed by atoms with Crippen LogP contribution in [0.5, 0.6) is 5.88 Å². The van der Waals surface area contributed by atoms with Gasteiger partial charge in [0.05, 0.1) is 24.3 Å². The Kier molecular flexibility index (Phi) is 3.09. The molecule has 0 aliphatic rings. The lowest BCUT2D eigenvalue weighted by atomic mass is 10.3. The molecule has 0 unspecified atom stereocenters. The minimum Gasteiger partial charge on any atom is -0.481 e. The van der Waals surface area contributed by atoms with E-state index in [2.05, 4.69) is 10.1 Å². The van der Waals surface area contributed by atoms with E-state index in [1.165, 1.54) is 11.8 Å². The number of methoxy groups -OCH3 is 1. The number of pyridine rings is 1. The SMILES string of the molecule is COc1cccc(Cn2ncc([N+](=O)[O-])c2N)n1. The summed E-state index contributed by atoms with van der Waals surface area (Å²) >= 11 is 0. The number of nitrogens with two attached hydrogens (primary N) is 1. The van der Waals surface area contributed by atoms with Crippen molar-refractivity contribution in [2.45, 2.75) is 6.54 Å². The first-order chi connectivity index (χ1) is 8.61. The fourth-order valence-corrected chi connectivity index (χ4v) is 1.46. The monoisotopic (exact) mass is 249 g/mol. The molecule has 0 saturated heterocycles. The van der Waals surface area contributed by atoms with E-state index in [4.69, 9.17) is 10.5 Å². The molecule has 2 aromatic heterocycles. The Labute approximate surface area is 102 Å². The lowest BCUT2D eigenvalue weighted by molar-refractivity contribution is -0.384. The summed E-state index contributed by atoms with van der Waals surface area (Å²) in [6, 6.07) is 5.24. The summed E-state index contributed by atoms with van der Waals surface area (Å²) in [5.74, 6) is 0.470. The third kappa shape index (κ3) is 2.21. The first-order valence-corrected chi connectivity index (χ1v) is 5.07. The molecule has 18 heavy (non-hydrogen) atoms. The number of aromatic nitrogens is 3. The van der Waals surface area contributed by atoms with Crippen LogP contribution in [0, 0.1) is 10.1 Å². The molecule has 2 aromatic rings. The van der Waals surface area contributed by atoms with Crippen LogP contribution in [0.2, 0.25) is 0 Å². The molecule has 0 radical (unpaired) electrons. The predicted octanol–water partition coefficient (Wildman–Crippen LogP) is 0.825. The first-order valence-electron chi connectivity index (χ1n) is 5.07. The number of anilines is 1. The smallest absolute Gasteiger partial charge is 0.330 e. The molecule has 0 atom stereocenters. The third-order valence-corrected chi connectivity index (χ3v) is 2.36. The van der Waals surface area contributed by atoms with E-state index in [0.29, 0.717) is 11.6 Å². The normalized spacial score (nSPS) is 10.3. The Hall–Kier alpha value is -2.64. The van der Waals surface area contributed by atoms with Crippen LogP contribution in [0.1, 0.15) is 5.69 Å². The fraction of sp³-hybridized carbons (Fsp3) is 0.200. The van der Waals surface area contributed by atoms with Crippen LogP contribution in [0.4, 0.5) is 11.5 Å². The van der Waals surface area contributed by atoms with Crippen LogP contribution >= 0.6 is 0 Å². The zero-order valence-electron chi connectivity index (χ0n) is 9.61. The number of hydrogen-bond donors (Lipinski definition) is 1. The van der Waals surface area contributed by atoms with Gasteiger partial charge in [0.25, 0.3) is 0 Å². The molecule has 2 heterocycles. The topological polar surface area (TPSA) is 109 Å². The number of hydrogen-bond acceptors (Lipinski definition) is 6. The van der Waals surface area contributed by atoms with E-state index < -0.39 is 4.92 Å². The second-order valence-corrected chi connectivity index (χ2v) is 3.50. The fourth-order valence-electron chi connectivity index (χ4n) is 1.46. The Morgan fingerprint density at radius 2 is 2.33 bits per heavy atom. The number of nitro groups is 1. The summed E-state index contributed by atoms with van der Waals surface area (Å²) in [6.07, 6.45) is 1.12. The Balaban J connectivity index is 2.26. The molecule has 0 aromatic carbocycles. The standard InChI is InChI=1S/C10H11N5O3/c1-18-9-4-2-3-7(13-9)6-14-10(11)8(5-12-14)15(16)17/h2-5H,6,11H2,1H3. The summed E-state index contributed by atoms with van der Waals surface area (Å²) in [5.41, 5.74) is 6.06. The molecule has 0 saturated carbocycles. The minimum atomic E-state index is -0.572. The second-order valence-electron chi connectivity index (χ2n) is 3.50. The summed E-state index contributed by atoms with van der Waals surface area (Å²) in [6.45, 7) is 0.247.